The molecule has 0 saturated carbocycles. The molecule has 142 valence electrons. The molecule has 0 spiro atoms. The maximum Gasteiger partial charge on any atom is 0.333 e. The van der Waals surface area contributed by atoms with Gasteiger partial charge in [0.05, 0.1) is 4.88 Å². The van der Waals surface area contributed by atoms with Gasteiger partial charge in [-0.15, -0.1) is 11.3 Å². The standard InChI is InChI=1S/C21H18N2O4S/c1-14(22-20(25)18-8-5-13-28-18)21(26)27-17-11-9-16(10-12-17)23-19(24)15-6-3-2-4-7-15/h2-14H,1H3,(H,22,25)(H,23,24). The van der Waals surface area contributed by atoms with Crippen molar-refractivity contribution in [2.45, 2.75) is 13.0 Å². The van der Waals surface area contributed by atoms with Crippen LogP contribution in [-0.2, 0) is 4.79 Å². The Hall–Kier alpha value is -3.45. The van der Waals surface area contributed by atoms with Crippen LogP contribution in [0.15, 0.2) is 72.1 Å². The van der Waals surface area contributed by atoms with E-state index in [0.29, 0.717) is 21.9 Å². The zero-order valence-electron chi connectivity index (χ0n) is 15.0. The fourth-order valence-corrected chi connectivity index (χ4v) is 2.96. The third-order valence-electron chi connectivity index (χ3n) is 3.81. The van der Waals surface area contributed by atoms with Crippen LogP contribution in [0.1, 0.15) is 27.0 Å². The number of rotatable bonds is 6. The molecule has 28 heavy (non-hydrogen) atoms. The molecule has 0 saturated heterocycles. The molecule has 7 heteroatoms. The van der Waals surface area contributed by atoms with Crippen molar-refractivity contribution in [1.82, 2.24) is 5.32 Å². The monoisotopic (exact) mass is 394 g/mol. The molecule has 1 heterocycles. The molecule has 1 atom stereocenters. The number of thiophene rings is 1. The summed E-state index contributed by atoms with van der Waals surface area (Å²) in [7, 11) is 0. The summed E-state index contributed by atoms with van der Waals surface area (Å²) in [5.41, 5.74) is 1.13. The Morgan fingerprint density at radius 1 is 0.893 bits per heavy atom. The highest BCUT2D eigenvalue weighted by atomic mass is 32.1. The predicted octanol–water partition coefficient (Wildman–Crippen LogP) is 3.72. The number of carbonyl (C=O) groups excluding carboxylic acids is 3. The number of anilines is 1. The van der Waals surface area contributed by atoms with Gasteiger partial charge < -0.3 is 15.4 Å². The maximum atomic E-state index is 12.2. The van der Waals surface area contributed by atoms with E-state index in [1.54, 1.807) is 73.0 Å². The molecule has 0 aliphatic carbocycles. The van der Waals surface area contributed by atoms with Crippen LogP contribution in [0.5, 0.6) is 5.75 Å². The van der Waals surface area contributed by atoms with E-state index in [2.05, 4.69) is 10.6 Å². The van der Waals surface area contributed by atoms with Crippen LogP contribution in [0.4, 0.5) is 5.69 Å². The SMILES string of the molecule is CC(NC(=O)c1cccs1)C(=O)Oc1ccc(NC(=O)c2ccccc2)cc1. The van der Waals surface area contributed by atoms with Crippen LogP contribution in [0.25, 0.3) is 0 Å². The summed E-state index contributed by atoms with van der Waals surface area (Å²) in [6.07, 6.45) is 0. The van der Waals surface area contributed by atoms with Gasteiger partial charge in [0.1, 0.15) is 11.8 Å². The Balaban J connectivity index is 1.54. The van der Waals surface area contributed by atoms with Crippen molar-refractivity contribution in [3.8, 4) is 5.75 Å². The van der Waals surface area contributed by atoms with Gasteiger partial charge in [0.15, 0.2) is 0 Å². The van der Waals surface area contributed by atoms with E-state index in [1.807, 2.05) is 6.07 Å². The van der Waals surface area contributed by atoms with E-state index in [9.17, 15) is 14.4 Å². The number of nitrogens with one attached hydrogen (secondary N) is 2. The van der Waals surface area contributed by atoms with Gasteiger partial charge in [0.2, 0.25) is 0 Å². The van der Waals surface area contributed by atoms with Gasteiger partial charge in [0, 0.05) is 11.3 Å². The van der Waals surface area contributed by atoms with Gasteiger partial charge in [-0.05, 0) is 54.8 Å². The van der Waals surface area contributed by atoms with E-state index in [0.717, 1.165) is 0 Å². The molecule has 0 fully saturated rings. The van der Waals surface area contributed by atoms with Crippen molar-refractivity contribution in [2.24, 2.45) is 0 Å². The Labute approximate surface area is 166 Å². The molecule has 1 aromatic heterocycles. The van der Waals surface area contributed by atoms with Crippen molar-refractivity contribution < 1.29 is 19.1 Å². The number of hydrogen-bond acceptors (Lipinski definition) is 5. The first kappa shape index (κ1) is 19.3. The minimum absolute atomic E-state index is 0.227. The highest BCUT2D eigenvalue weighted by Gasteiger charge is 2.19. The third-order valence-corrected chi connectivity index (χ3v) is 4.68. The van der Waals surface area contributed by atoms with Crippen LogP contribution in [0.3, 0.4) is 0 Å². The van der Waals surface area contributed by atoms with Crippen molar-refractivity contribution in [1.29, 1.82) is 0 Å². The number of esters is 1. The van der Waals surface area contributed by atoms with Crippen LogP contribution in [0, 0.1) is 0 Å². The Morgan fingerprint density at radius 3 is 2.25 bits per heavy atom. The Morgan fingerprint density at radius 2 is 1.61 bits per heavy atom. The lowest BCUT2D eigenvalue weighted by Gasteiger charge is -2.13. The third kappa shape index (κ3) is 5.05. The molecular weight excluding hydrogens is 376 g/mol. The van der Waals surface area contributed by atoms with Crippen molar-refractivity contribution in [3.05, 3.63) is 82.6 Å². The van der Waals surface area contributed by atoms with Gasteiger partial charge in [-0.3, -0.25) is 9.59 Å². The summed E-state index contributed by atoms with van der Waals surface area (Å²) < 4.78 is 5.28. The molecule has 3 aromatic rings. The van der Waals surface area contributed by atoms with E-state index in [4.69, 9.17) is 4.74 Å². The Kier molecular flexibility index (Phi) is 6.18. The second-order valence-electron chi connectivity index (χ2n) is 5.94. The topological polar surface area (TPSA) is 84.5 Å². The minimum atomic E-state index is -0.799. The number of amides is 2. The molecule has 1 unspecified atom stereocenters. The van der Waals surface area contributed by atoms with Gasteiger partial charge in [-0.25, -0.2) is 4.79 Å². The largest absolute Gasteiger partial charge is 0.425 e. The first-order chi connectivity index (χ1) is 13.5. The molecule has 2 amide bonds. The molecule has 0 radical (unpaired) electrons. The van der Waals surface area contributed by atoms with Crippen LogP contribution < -0.4 is 15.4 Å². The Bertz CT molecular complexity index is 954. The summed E-state index contributed by atoms with van der Waals surface area (Å²) in [4.78, 5) is 36.8. The summed E-state index contributed by atoms with van der Waals surface area (Å²) >= 11 is 1.29. The molecule has 6 nitrogen and oxygen atoms in total. The van der Waals surface area contributed by atoms with Crippen molar-refractivity contribution in [2.75, 3.05) is 5.32 Å². The molecule has 0 aliphatic rings. The first-order valence-electron chi connectivity index (χ1n) is 8.55. The van der Waals surface area contributed by atoms with Crippen molar-refractivity contribution >= 4 is 34.8 Å². The highest BCUT2D eigenvalue weighted by molar-refractivity contribution is 7.12. The number of benzene rings is 2. The second-order valence-corrected chi connectivity index (χ2v) is 6.89. The van der Waals surface area contributed by atoms with Crippen molar-refractivity contribution in [3.63, 3.8) is 0 Å². The fourth-order valence-electron chi connectivity index (χ4n) is 2.34. The van der Waals surface area contributed by atoms with Gasteiger partial charge in [-0.1, -0.05) is 24.3 Å². The molecular formula is C21H18N2O4S. The normalized spacial score (nSPS) is 11.3. The lowest BCUT2D eigenvalue weighted by Crippen LogP contribution is -2.40. The summed E-state index contributed by atoms with van der Waals surface area (Å²) in [5, 5.41) is 7.15. The maximum absolute atomic E-state index is 12.2. The molecule has 0 bridgehead atoms. The zero-order chi connectivity index (χ0) is 19.9. The zero-order valence-corrected chi connectivity index (χ0v) is 15.9. The number of carbonyl (C=O) groups is 3. The van der Waals surface area contributed by atoms with Crippen LogP contribution in [-0.4, -0.2) is 23.8 Å². The fraction of sp³-hybridized carbons (Fsp3) is 0.0952. The summed E-state index contributed by atoms with van der Waals surface area (Å²) in [5.74, 6) is -0.806. The van der Waals surface area contributed by atoms with Gasteiger partial charge >= 0.3 is 5.97 Å². The van der Waals surface area contributed by atoms with E-state index in [-0.39, 0.29) is 11.8 Å². The predicted molar refractivity (Wildman–Crippen MR) is 108 cm³/mol. The van der Waals surface area contributed by atoms with Crippen LogP contribution >= 0.6 is 11.3 Å². The summed E-state index contributed by atoms with van der Waals surface area (Å²) in [6.45, 7) is 1.56. The molecule has 2 aromatic carbocycles. The lowest BCUT2D eigenvalue weighted by molar-refractivity contribution is -0.136. The minimum Gasteiger partial charge on any atom is -0.425 e. The van der Waals surface area contributed by atoms with Gasteiger partial charge in [0.25, 0.3) is 11.8 Å². The second kappa shape index (κ2) is 8.96. The van der Waals surface area contributed by atoms with Crippen LogP contribution in [0.2, 0.25) is 0 Å². The highest BCUT2D eigenvalue weighted by Crippen LogP contribution is 2.17. The molecule has 0 aliphatic heterocycles. The first-order valence-corrected chi connectivity index (χ1v) is 9.43. The average molecular weight is 394 g/mol. The smallest absolute Gasteiger partial charge is 0.333 e. The average Bonchev–Trinajstić information content (AvgIpc) is 3.25. The molecule has 2 N–H and O–H groups in total. The number of hydrogen-bond donors (Lipinski definition) is 2. The quantitative estimate of drug-likeness (QED) is 0.493. The van der Waals surface area contributed by atoms with E-state index < -0.39 is 12.0 Å². The van der Waals surface area contributed by atoms with E-state index >= 15 is 0 Å². The molecule has 3 rings (SSSR count). The van der Waals surface area contributed by atoms with E-state index in [1.165, 1.54) is 11.3 Å². The summed E-state index contributed by atoms with van der Waals surface area (Å²) in [6, 6.07) is 17.9. The van der Waals surface area contributed by atoms with Gasteiger partial charge in [-0.2, -0.15) is 0 Å². The lowest BCUT2D eigenvalue weighted by atomic mass is 10.2. The number of ether oxygens (including phenoxy) is 1.